The molecule has 0 aliphatic carbocycles. The van der Waals surface area contributed by atoms with Gasteiger partial charge in [0.25, 0.3) is 0 Å². The monoisotopic (exact) mass is 264 g/mol. The predicted molar refractivity (Wildman–Crippen MR) is 77.6 cm³/mol. The number of nitrogens with one attached hydrogen (secondary N) is 1. The Morgan fingerprint density at radius 3 is 2.84 bits per heavy atom. The fourth-order valence-electron chi connectivity index (χ4n) is 3.02. The van der Waals surface area contributed by atoms with E-state index in [-0.39, 0.29) is 11.9 Å². The second-order valence-corrected chi connectivity index (χ2v) is 5.88. The van der Waals surface area contributed by atoms with Crippen LogP contribution in [0, 0.1) is 11.7 Å². The Labute approximate surface area is 116 Å². The molecule has 1 aromatic carbocycles. The van der Waals surface area contributed by atoms with Crippen molar-refractivity contribution in [2.45, 2.75) is 38.8 Å². The van der Waals surface area contributed by atoms with Gasteiger partial charge in [-0.2, -0.15) is 0 Å². The van der Waals surface area contributed by atoms with Gasteiger partial charge in [0.15, 0.2) is 0 Å². The third-order valence-electron chi connectivity index (χ3n) is 4.29. The summed E-state index contributed by atoms with van der Waals surface area (Å²) in [6, 6.07) is 7.84. The van der Waals surface area contributed by atoms with E-state index < -0.39 is 0 Å². The van der Waals surface area contributed by atoms with E-state index in [9.17, 15) is 4.39 Å². The predicted octanol–water partition coefficient (Wildman–Crippen LogP) is 3.21. The van der Waals surface area contributed by atoms with Crippen molar-refractivity contribution in [1.29, 1.82) is 0 Å². The molecule has 1 aliphatic rings. The minimum Gasteiger partial charge on any atom is -0.314 e. The second-order valence-electron chi connectivity index (χ2n) is 5.88. The van der Waals surface area contributed by atoms with E-state index in [2.05, 4.69) is 31.1 Å². The fraction of sp³-hybridized carbons (Fsp3) is 0.625. The van der Waals surface area contributed by atoms with Crippen molar-refractivity contribution < 1.29 is 4.39 Å². The molecule has 1 saturated heterocycles. The van der Waals surface area contributed by atoms with Crippen LogP contribution in [0.15, 0.2) is 24.3 Å². The molecule has 3 unspecified atom stereocenters. The Bertz CT molecular complexity index is 407. The fourth-order valence-corrected chi connectivity index (χ4v) is 3.02. The van der Waals surface area contributed by atoms with Crippen molar-refractivity contribution in [3.05, 3.63) is 35.6 Å². The van der Waals surface area contributed by atoms with Crippen molar-refractivity contribution in [3.63, 3.8) is 0 Å². The molecule has 0 aromatic heterocycles. The van der Waals surface area contributed by atoms with E-state index in [0.29, 0.717) is 6.04 Å². The Hall–Kier alpha value is -0.930. The minimum atomic E-state index is -0.0967. The second kappa shape index (κ2) is 6.49. The molecule has 19 heavy (non-hydrogen) atoms. The summed E-state index contributed by atoms with van der Waals surface area (Å²) in [5, 5.41) is 3.48. The number of hydrogen-bond donors (Lipinski definition) is 1. The van der Waals surface area contributed by atoms with Crippen molar-refractivity contribution in [2.24, 2.45) is 5.92 Å². The third kappa shape index (κ3) is 3.77. The molecule has 1 N–H and O–H groups in total. The van der Waals surface area contributed by atoms with Crippen LogP contribution in [0.3, 0.4) is 0 Å². The maximum absolute atomic E-state index is 13.8. The first-order chi connectivity index (χ1) is 9.08. The topological polar surface area (TPSA) is 15.3 Å². The van der Waals surface area contributed by atoms with Crippen LogP contribution in [0.4, 0.5) is 4.39 Å². The summed E-state index contributed by atoms with van der Waals surface area (Å²) in [4.78, 5) is 2.28. The molecule has 3 heteroatoms. The zero-order chi connectivity index (χ0) is 13.8. The molecule has 0 saturated carbocycles. The molecule has 0 amide bonds. The van der Waals surface area contributed by atoms with Gasteiger partial charge in [-0.15, -0.1) is 0 Å². The highest BCUT2D eigenvalue weighted by Crippen LogP contribution is 2.25. The summed E-state index contributed by atoms with van der Waals surface area (Å²) in [5.74, 6) is 0.621. The summed E-state index contributed by atoms with van der Waals surface area (Å²) in [7, 11) is 2.10. The summed E-state index contributed by atoms with van der Waals surface area (Å²) < 4.78 is 13.8. The van der Waals surface area contributed by atoms with E-state index >= 15 is 0 Å². The third-order valence-corrected chi connectivity index (χ3v) is 4.29. The van der Waals surface area contributed by atoms with E-state index in [1.807, 2.05) is 12.1 Å². The number of nitrogens with zero attached hydrogens (tertiary/aromatic N) is 1. The zero-order valence-electron chi connectivity index (χ0n) is 12.2. The van der Waals surface area contributed by atoms with Gasteiger partial charge in [0.1, 0.15) is 5.82 Å². The van der Waals surface area contributed by atoms with Crippen LogP contribution < -0.4 is 5.32 Å². The SMILES string of the molecule is CC1CC(CN(C)C(C)c2ccccc2F)CCN1. The number of piperidine rings is 1. The van der Waals surface area contributed by atoms with Crippen molar-refractivity contribution in [1.82, 2.24) is 10.2 Å². The lowest BCUT2D eigenvalue weighted by atomic mass is 9.92. The van der Waals surface area contributed by atoms with Gasteiger partial charge in [-0.25, -0.2) is 4.39 Å². The number of benzene rings is 1. The quantitative estimate of drug-likeness (QED) is 0.898. The first kappa shape index (κ1) is 14.5. The van der Waals surface area contributed by atoms with Crippen molar-refractivity contribution >= 4 is 0 Å². The van der Waals surface area contributed by atoms with Gasteiger partial charge in [0.05, 0.1) is 0 Å². The highest BCUT2D eigenvalue weighted by Gasteiger charge is 2.22. The molecule has 3 atom stereocenters. The Kier molecular flexibility index (Phi) is 4.94. The molecule has 2 nitrogen and oxygen atoms in total. The zero-order valence-corrected chi connectivity index (χ0v) is 12.2. The standard InChI is InChI=1S/C16H25FN2/c1-12-10-14(8-9-18-12)11-19(3)13(2)15-6-4-5-7-16(15)17/h4-7,12-14,18H,8-11H2,1-3H3. The van der Waals surface area contributed by atoms with Gasteiger partial charge in [-0.1, -0.05) is 18.2 Å². The Morgan fingerprint density at radius 2 is 2.16 bits per heavy atom. The lowest BCUT2D eigenvalue weighted by Crippen LogP contribution is -2.40. The summed E-state index contributed by atoms with van der Waals surface area (Å²) >= 11 is 0. The van der Waals surface area contributed by atoms with E-state index in [1.54, 1.807) is 12.1 Å². The van der Waals surface area contributed by atoms with E-state index in [4.69, 9.17) is 0 Å². The number of halogens is 1. The molecule has 1 aromatic rings. The van der Waals surface area contributed by atoms with Gasteiger partial charge in [0, 0.05) is 24.2 Å². The highest BCUT2D eigenvalue weighted by atomic mass is 19.1. The molecule has 106 valence electrons. The number of rotatable bonds is 4. The van der Waals surface area contributed by atoms with Crippen LogP contribution in [-0.4, -0.2) is 31.1 Å². The van der Waals surface area contributed by atoms with Crippen LogP contribution in [0.1, 0.15) is 38.3 Å². The summed E-state index contributed by atoms with van der Waals surface area (Å²) in [6.07, 6.45) is 2.44. The smallest absolute Gasteiger partial charge is 0.127 e. The van der Waals surface area contributed by atoms with Crippen LogP contribution in [0.25, 0.3) is 0 Å². The average Bonchev–Trinajstić information content (AvgIpc) is 2.38. The van der Waals surface area contributed by atoms with Gasteiger partial charge in [0.2, 0.25) is 0 Å². The lowest BCUT2D eigenvalue weighted by Gasteiger charge is -2.34. The van der Waals surface area contributed by atoms with Crippen molar-refractivity contribution in [2.75, 3.05) is 20.1 Å². The molecule has 0 bridgehead atoms. The summed E-state index contributed by atoms with van der Waals surface area (Å²) in [5.41, 5.74) is 0.798. The maximum atomic E-state index is 13.8. The van der Waals surface area contributed by atoms with Crippen LogP contribution in [0.2, 0.25) is 0 Å². The van der Waals surface area contributed by atoms with Crippen molar-refractivity contribution in [3.8, 4) is 0 Å². The Balaban J connectivity index is 1.95. The molecule has 0 spiro atoms. The van der Waals surface area contributed by atoms with E-state index in [1.165, 1.54) is 12.8 Å². The van der Waals surface area contributed by atoms with Gasteiger partial charge in [-0.3, -0.25) is 4.90 Å². The van der Waals surface area contributed by atoms with Gasteiger partial charge >= 0.3 is 0 Å². The molecule has 2 rings (SSSR count). The first-order valence-electron chi connectivity index (χ1n) is 7.26. The molecule has 1 heterocycles. The molecular formula is C16H25FN2. The largest absolute Gasteiger partial charge is 0.314 e. The number of hydrogen-bond acceptors (Lipinski definition) is 2. The normalized spacial score (nSPS) is 25.5. The summed E-state index contributed by atoms with van der Waals surface area (Å²) in [6.45, 7) is 6.48. The lowest BCUT2D eigenvalue weighted by molar-refractivity contribution is 0.181. The molecule has 0 radical (unpaired) electrons. The maximum Gasteiger partial charge on any atom is 0.127 e. The van der Waals surface area contributed by atoms with Gasteiger partial charge < -0.3 is 5.32 Å². The Morgan fingerprint density at radius 1 is 1.42 bits per heavy atom. The molecular weight excluding hydrogens is 239 g/mol. The van der Waals surface area contributed by atoms with Crippen LogP contribution >= 0.6 is 0 Å². The minimum absolute atomic E-state index is 0.0967. The average molecular weight is 264 g/mol. The van der Waals surface area contributed by atoms with E-state index in [0.717, 1.165) is 24.6 Å². The molecule has 1 fully saturated rings. The first-order valence-corrected chi connectivity index (χ1v) is 7.26. The van der Waals surface area contributed by atoms with Crippen LogP contribution in [-0.2, 0) is 0 Å². The van der Waals surface area contributed by atoms with Gasteiger partial charge in [-0.05, 0) is 52.3 Å². The highest BCUT2D eigenvalue weighted by molar-refractivity contribution is 5.20. The van der Waals surface area contributed by atoms with Crippen LogP contribution in [0.5, 0.6) is 0 Å². The molecule has 1 aliphatic heterocycles.